The Balaban J connectivity index is 1.50. The van der Waals surface area contributed by atoms with Crippen molar-refractivity contribution in [1.82, 2.24) is 20.9 Å². The molecule has 2 saturated heterocycles. The number of fused-ring (bicyclic) bond motifs is 1. The Morgan fingerprint density at radius 1 is 1.15 bits per heavy atom. The van der Waals surface area contributed by atoms with Crippen molar-refractivity contribution in [2.75, 3.05) is 13.1 Å². The van der Waals surface area contributed by atoms with Crippen LogP contribution in [0.2, 0.25) is 0 Å². The van der Waals surface area contributed by atoms with E-state index in [-0.39, 0.29) is 59.1 Å². The molecule has 4 fully saturated rings. The van der Waals surface area contributed by atoms with Crippen LogP contribution in [0.1, 0.15) is 53.4 Å². The molecule has 4 rings (SSSR count). The van der Waals surface area contributed by atoms with Crippen LogP contribution >= 0.6 is 0 Å². The number of rotatable bonds is 9. The molecular formula is C24H37N5O5. The molecule has 188 valence electrons. The number of likely N-dealkylation sites (tertiary alicyclic amines) is 1. The molecule has 5 amide bonds. The number of nitrogens with zero attached hydrogens (tertiary/aromatic N) is 1. The summed E-state index contributed by atoms with van der Waals surface area (Å²) in [5.74, 6) is -2.06. The fourth-order valence-electron chi connectivity index (χ4n) is 5.78. The second-order valence-corrected chi connectivity index (χ2v) is 11.3. The van der Waals surface area contributed by atoms with Crippen molar-refractivity contribution < 1.29 is 24.0 Å². The summed E-state index contributed by atoms with van der Waals surface area (Å²) in [6.07, 6.45) is 2.46. The van der Waals surface area contributed by atoms with Crippen molar-refractivity contribution in [2.45, 2.75) is 71.5 Å². The molecule has 2 aliphatic carbocycles. The van der Waals surface area contributed by atoms with Crippen molar-refractivity contribution in [1.29, 1.82) is 0 Å². The zero-order chi connectivity index (χ0) is 24.9. The van der Waals surface area contributed by atoms with Crippen molar-refractivity contribution in [3.63, 3.8) is 0 Å². The smallest absolute Gasteiger partial charge is 0.246 e. The van der Waals surface area contributed by atoms with Crippen LogP contribution in [0.4, 0.5) is 0 Å². The van der Waals surface area contributed by atoms with Crippen molar-refractivity contribution in [3.05, 3.63) is 0 Å². The van der Waals surface area contributed by atoms with Gasteiger partial charge in [-0.05, 0) is 48.9 Å². The largest absolute Gasteiger partial charge is 0.368 e. The maximum absolute atomic E-state index is 13.6. The van der Waals surface area contributed by atoms with Crippen LogP contribution in [0.5, 0.6) is 0 Å². The molecule has 4 aliphatic rings. The Morgan fingerprint density at radius 2 is 1.82 bits per heavy atom. The minimum absolute atomic E-state index is 0.0274. The van der Waals surface area contributed by atoms with E-state index in [0.717, 1.165) is 12.8 Å². The number of amides is 5. The van der Waals surface area contributed by atoms with Gasteiger partial charge in [-0.1, -0.05) is 27.7 Å². The minimum Gasteiger partial charge on any atom is -0.368 e. The summed E-state index contributed by atoms with van der Waals surface area (Å²) in [5, 5.41) is 8.38. The Hall–Kier alpha value is -2.65. The maximum atomic E-state index is 13.6. The van der Waals surface area contributed by atoms with E-state index in [9.17, 15) is 24.0 Å². The van der Waals surface area contributed by atoms with Crippen LogP contribution in [-0.4, -0.2) is 65.7 Å². The summed E-state index contributed by atoms with van der Waals surface area (Å²) in [7, 11) is 0. The fourth-order valence-corrected chi connectivity index (χ4v) is 5.78. The molecule has 2 heterocycles. The monoisotopic (exact) mass is 475 g/mol. The number of hydrogen-bond acceptors (Lipinski definition) is 5. The molecule has 0 aromatic heterocycles. The zero-order valence-electron chi connectivity index (χ0n) is 20.4. The highest BCUT2D eigenvalue weighted by Gasteiger charge is 2.70. The molecule has 10 nitrogen and oxygen atoms in total. The first kappa shape index (κ1) is 24.5. The highest BCUT2D eigenvalue weighted by Crippen LogP contribution is 2.65. The predicted molar refractivity (Wildman–Crippen MR) is 123 cm³/mol. The van der Waals surface area contributed by atoms with Gasteiger partial charge in [0.25, 0.3) is 0 Å². The molecule has 0 aromatic rings. The van der Waals surface area contributed by atoms with E-state index in [1.165, 1.54) is 0 Å². The molecule has 0 unspecified atom stereocenters. The van der Waals surface area contributed by atoms with Gasteiger partial charge in [0.1, 0.15) is 18.1 Å². The molecule has 6 atom stereocenters. The van der Waals surface area contributed by atoms with E-state index >= 15 is 0 Å². The van der Waals surface area contributed by atoms with Crippen LogP contribution in [0.15, 0.2) is 0 Å². The number of nitrogens with one attached hydrogen (secondary N) is 3. The molecular weight excluding hydrogens is 438 g/mol. The maximum Gasteiger partial charge on any atom is 0.246 e. The lowest BCUT2D eigenvalue weighted by atomic mass is 9.96. The van der Waals surface area contributed by atoms with E-state index in [2.05, 4.69) is 29.8 Å². The number of hydrogen-bond donors (Lipinski definition) is 4. The SMILES string of the molecule is CC(C)C(=O)N[C@H](C(=O)N1C[C@H]2[C@@H]([C@H]1C(=O)N[C@@H](C[C@@H]1CCNC1=O)C(N)=O)C2(C)C)C1CC1. The number of primary amides is 1. The normalized spacial score (nSPS) is 30.9. The van der Waals surface area contributed by atoms with E-state index in [1.54, 1.807) is 18.7 Å². The van der Waals surface area contributed by atoms with Gasteiger partial charge in [0, 0.05) is 24.9 Å². The number of carbonyl (C=O) groups is 5. The highest BCUT2D eigenvalue weighted by atomic mass is 16.2. The van der Waals surface area contributed by atoms with Crippen molar-refractivity contribution in [3.8, 4) is 0 Å². The third-order valence-electron chi connectivity index (χ3n) is 8.28. The molecule has 10 heteroatoms. The van der Waals surface area contributed by atoms with Gasteiger partial charge in [0.2, 0.25) is 29.5 Å². The number of carbonyl (C=O) groups excluding carboxylic acids is 5. The molecule has 2 saturated carbocycles. The standard InChI is InChI=1S/C24H37N5O5/c1-11(2)20(31)28-17(12-5-6-12)23(34)29-10-14-16(24(14,3)4)18(29)22(33)27-15(19(25)30)9-13-7-8-26-21(13)32/h11-18H,5-10H2,1-4H3,(H2,25,30)(H,26,32)(H,27,33)(H,28,31)/t13-,14-,15-,16-,17-,18-/m0/s1. The third-order valence-corrected chi connectivity index (χ3v) is 8.28. The summed E-state index contributed by atoms with van der Waals surface area (Å²) in [4.78, 5) is 65.2. The average molecular weight is 476 g/mol. The van der Waals surface area contributed by atoms with E-state index in [1.807, 2.05) is 0 Å². The highest BCUT2D eigenvalue weighted by molar-refractivity contribution is 5.96. The molecule has 0 bridgehead atoms. The van der Waals surface area contributed by atoms with Gasteiger partial charge in [0.05, 0.1) is 0 Å². The first-order chi connectivity index (χ1) is 15.9. The van der Waals surface area contributed by atoms with Crippen LogP contribution in [0, 0.1) is 35.0 Å². The number of nitrogens with two attached hydrogens (primary N) is 1. The fraction of sp³-hybridized carbons (Fsp3) is 0.792. The Morgan fingerprint density at radius 3 is 2.35 bits per heavy atom. The summed E-state index contributed by atoms with van der Waals surface area (Å²) < 4.78 is 0. The second-order valence-electron chi connectivity index (χ2n) is 11.3. The summed E-state index contributed by atoms with van der Waals surface area (Å²) in [5.41, 5.74) is 5.47. The lowest BCUT2D eigenvalue weighted by molar-refractivity contribution is -0.144. The van der Waals surface area contributed by atoms with Crippen LogP contribution < -0.4 is 21.7 Å². The van der Waals surface area contributed by atoms with Gasteiger partial charge in [0.15, 0.2) is 0 Å². The van der Waals surface area contributed by atoms with Crippen molar-refractivity contribution >= 4 is 29.5 Å². The lowest BCUT2D eigenvalue weighted by Crippen LogP contribution is -2.58. The van der Waals surface area contributed by atoms with E-state index < -0.39 is 29.9 Å². The lowest BCUT2D eigenvalue weighted by Gasteiger charge is -2.34. The summed E-state index contributed by atoms with van der Waals surface area (Å²) in [6, 6.07) is -2.36. The molecule has 0 radical (unpaired) electrons. The average Bonchev–Trinajstić information content (AvgIpc) is 3.56. The minimum atomic E-state index is -0.987. The Bertz CT molecular complexity index is 898. The Kier molecular flexibility index (Phi) is 6.37. The Labute approximate surface area is 200 Å². The van der Waals surface area contributed by atoms with Crippen LogP contribution in [0.25, 0.3) is 0 Å². The van der Waals surface area contributed by atoms with Crippen molar-refractivity contribution in [2.24, 2.45) is 40.7 Å². The number of piperidine rings is 1. The van der Waals surface area contributed by atoms with E-state index in [0.29, 0.717) is 19.5 Å². The quantitative estimate of drug-likeness (QED) is 0.355. The van der Waals surface area contributed by atoms with Gasteiger partial charge in [-0.15, -0.1) is 0 Å². The molecule has 34 heavy (non-hydrogen) atoms. The van der Waals surface area contributed by atoms with Gasteiger partial charge >= 0.3 is 0 Å². The van der Waals surface area contributed by atoms with Crippen LogP contribution in [-0.2, 0) is 24.0 Å². The van der Waals surface area contributed by atoms with Gasteiger partial charge in [-0.25, -0.2) is 0 Å². The first-order valence-electron chi connectivity index (χ1n) is 12.4. The predicted octanol–water partition coefficient (Wildman–Crippen LogP) is -0.483. The molecule has 2 aliphatic heterocycles. The molecule has 0 aromatic carbocycles. The second kappa shape index (κ2) is 8.85. The van der Waals surface area contributed by atoms with Crippen LogP contribution in [0.3, 0.4) is 0 Å². The summed E-state index contributed by atoms with van der Waals surface area (Å²) in [6.45, 7) is 8.71. The molecule has 0 spiro atoms. The van der Waals surface area contributed by atoms with Gasteiger partial charge in [-0.2, -0.15) is 0 Å². The summed E-state index contributed by atoms with van der Waals surface area (Å²) >= 11 is 0. The van der Waals surface area contributed by atoms with Gasteiger partial charge < -0.3 is 26.6 Å². The zero-order valence-corrected chi connectivity index (χ0v) is 20.4. The molecule has 5 N–H and O–H groups in total. The third kappa shape index (κ3) is 4.51. The van der Waals surface area contributed by atoms with E-state index in [4.69, 9.17) is 5.73 Å². The topological polar surface area (TPSA) is 151 Å². The first-order valence-corrected chi connectivity index (χ1v) is 12.4. The van der Waals surface area contributed by atoms with Gasteiger partial charge in [-0.3, -0.25) is 24.0 Å².